The van der Waals surface area contributed by atoms with Crippen LogP contribution in [0.4, 0.5) is 10.3 Å². The topological polar surface area (TPSA) is 46.0 Å². The standard InChI is InChI=1S/C20H13N5S4/c1-3-7-13(8-4-1)15-11-26-19-24(15)22-17(28-19)21-18-23-25-16(12-27-20(25)29-18)14-9-5-2-6-10-14/h1-12H,(H,21,22,23)/q+2. The lowest BCUT2D eigenvalue weighted by Gasteiger charge is -1.91. The Morgan fingerprint density at radius 1 is 0.621 bits per heavy atom. The third-order valence-corrected chi connectivity index (χ3v) is 8.41. The van der Waals surface area contributed by atoms with Crippen molar-refractivity contribution in [2.45, 2.75) is 0 Å². The van der Waals surface area contributed by atoms with Crippen molar-refractivity contribution in [1.82, 2.24) is 10.2 Å². The second-order valence-corrected chi connectivity index (χ2v) is 10.5. The number of thiazole rings is 2. The van der Waals surface area contributed by atoms with E-state index >= 15 is 0 Å². The molecule has 0 aliphatic heterocycles. The molecule has 4 aromatic heterocycles. The Morgan fingerprint density at radius 2 is 1.07 bits per heavy atom. The summed E-state index contributed by atoms with van der Waals surface area (Å²) in [7, 11) is 0. The van der Waals surface area contributed by atoms with Crippen molar-refractivity contribution in [3.8, 4) is 22.5 Å². The van der Waals surface area contributed by atoms with Crippen LogP contribution in [0.3, 0.4) is 0 Å². The van der Waals surface area contributed by atoms with Crippen LogP contribution in [0.5, 0.6) is 0 Å². The summed E-state index contributed by atoms with van der Waals surface area (Å²) >= 11 is 6.69. The fourth-order valence-corrected chi connectivity index (χ4v) is 7.02. The van der Waals surface area contributed by atoms with E-state index in [9.17, 15) is 0 Å². The Balaban J connectivity index is 1.35. The third kappa shape index (κ3) is 3.03. The Kier molecular flexibility index (Phi) is 4.12. The van der Waals surface area contributed by atoms with E-state index in [0.29, 0.717) is 0 Å². The Morgan fingerprint density at radius 3 is 1.52 bits per heavy atom. The highest BCUT2D eigenvalue weighted by molar-refractivity contribution is 7.37. The maximum Gasteiger partial charge on any atom is 0.354 e. The maximum absolute atomic E-state index is 4.77. The molecular formula is C20H13N5S4+2. The first-order valence-electron chi connectivity index (χ1n) is 8.84. The van der Waals surface area contributed by atoms with Gasteiger partial charge in [0.15, 0.2) is 0 Å². The summed E-state index contributed by atoms with van der Waals surface area (Å²) in [6.45, 7) is 0. The number of rotatable bonds is 4. The summed E-state index contributed by atoms with van der Waals surface area (Å²) in [6.07, 6.45) is 0. The molecule has 0 saturated heterocycles. The molecule has 0 atom stereocenters. The molecule has 0 unspecified atom stereocenters. The predicted molar refractivity (Wildman–Crippen MR) is 120 cm³/mol. The van der Waals surface area contributed by atoms with Gasteiger partial charge in [0.25, 0.3) is 21.7 Å². The van der Waals surface area contributed by atoms with Gasteiger partial charge in [-0.2, -0.15) is 0 Å². The molecule has 6 aromatic rings. The molecule has 0 aliphatic rings. The van der Waals surface area contributed by atoms with Gasteiger partial charge in [-0.15, -0.1) is 0 Å². The molecule has 0 bridgehead atoms. The van der Waals surface area contributed by atoms with Crippen LogP contribution in [-0.4, -0.2) is 10.2 Å². The number of fused-ring (bicyclic) bond motifs is 2. The highest BCUT2D eigenvalue weighted by Gasteiger charge is 2.25. The minimum atomic E-state index is 0.845. The highest BCUT2D eigenvalue weighted by atomic mass is 32.2. The van der Waals surface area contributed by atoms with E-state index in [1.54, 1.807) is 45.3 Å². The lowest BCUT2D eigenvalue weighted by molar-refractivity contribution is -0.559. The number of nitrogens with one attached hydrogen (secondary N) is 1. The molecule has 9 heteroatoms. The molecule has 5 nitrogen and oxygen atoms in total. The molecule has 0 spiro atoms. The van der Waals surface area contributed by atoms with Crippen LogP contribution < -0.4 is 14.3 Å². The van der Waals surface area contributed by atoms with Gasteiger partial charge in [-0.1, -0.05) is 59.1 Å². The van der Waals surface area contributed by atoms with E-state index in [-0.39, 0.29) is 0 Å². The first-order valence-corrected chi connectivity index (χ1v) is 12.2. The lowest BCUT2D eigenvalue weighted by atomic mass is 10.2. The van der Waals surface area contributed by atoms with Crippen molar-refractivity contribution in [3.63, 3.8) is 0 Å². The van der Waals surface area contributed by atoms with Crippen LogP contribution in [0, 0.1) is 0 Å². The fraction of sp³-hybridized carbons (Fsp3) is 0. The molecule has 0 fully saturated rings. The monoisotopic (exact) mass is 451 g/mol. The summed E-state index contributed by atoms with van der Waals surface area (Å²) in [5, 5.41) is 18.9. The maximum atomic E-state index is 4.77. The van der Waals surface area contributed by atoms with E-state index in [4.69, 9.17) is 10.2 Å². The summed E-state index contributed by atoms with van der Waals surface area (Å²) in [5.41, 5.74) is 4.54. The van der Waals surface area contributed by atoms with Gasteiger partial charge in [-0.25, -0.2) is 0 Å². The van der Waals surface area contributed by atoms with Gasteiger partial charge in [-0.05, 0) is 56.0 Å². The van der Waals surface area contributed by atoms with Crippen molar-refractivity contribution in [2.75, 3.05) is 5.32 Å². The zero-order chi connectivity index (χ0) is 19.2. The average Bonchev–Trinajstić information content (AvgIpc) is 3.50. The highest BCUT2D eigenvalue weighted by Crippen LogP contribution is 2.31. The predicted octanol–water partition coefficient (Wildman–Crippen LogP) is 5.28. The number of aromatic nitrogens is 4. The molecule has 29 heavy (non-hydrogen) atoms. The number of benzene rings is 2. The van der Waals surface area contributed by atoms with Gasteiger partial charge >= 0.3 is 8.29 Å². The molecule has 1 N–H and O–H groups in total. The second kappa shape index (κ2) is 6.96. The van der Waals surface area contributed by atoms with E-state index in [2.05, 4.69) is 64.6 Å². The van der Waals surface area contributed by atoms with Crippen LogP contribution >= 0.6 is 45.3 Å². The molecule has 4 heterocycles. The molecular weight excluding hydrogens is 439 g/mol. The van der Waals surface area contributed by atoms with E-state index in [1.165, 1.54) is 11.1 Å². The van der Waals surface area contributed by atoms with E-state index in [0.717, 1.165) is 29.9 Å². The van der Waals surface area contributed by atoms with Gasteiger partial charge in [0.2, 0.25) is 0 Å². The number of anilines is 2. The van der Waals surface area contributed by atoms with Crippen LogP contribution in [-0.2, 0) is 0 Å². The summed E-state index contributed by atoms with van der Waals surface area (Å²) in [4.78, 5) is 0. The van der Waals surface area contributed by atoms with Crippen LogP contribution in [0.1, 0.15) is 0 Å². The SMILES string of the molecule is c1ccc(-c2csc3sc(Nc4n[n+]5c(-c6ccccc6)csc5s4)n[n+]23)cc1. The van der Waals surface area contributed by atoms with Gasteiger partial charge in [-0.3, -0.25) is 5.32 Å². The lowest BCUT2D eigenvalue weighted by Crippen LogP contribution is -2.24. The van der Waals surface area contributed by atoms with Crippen LogP contribution in [0.25, 0.3) is 30.8 Å². The molecule has 0 radical (unpaired) electrons. The van der Waals surface area contributed by atoms with Crippen molar-refractivity contribution >= 4 is 63.9 Å². The Bertz CT molecular complexity index is 1320. The van der Waals surface area contributed by atoms with Gasteiger partial charge in [0, 0.05) is 10.2 Å². The molecule has 140 valence electrons. The first-order chi connectivity index (χ1) is 14.3. The Labute approximate surface area is 181 Å². The zero-order valence-electron chi connectivity index (χ0n) is 14.9. The second-order valence-electron chi connectivity index (χ2n) is 6.27. The van der Waals surface area contributed by atoms with Crippen molar-refractivity contribution < 1.29 is 9.03 Å². The Hall–Kier alpha value is -2.72. The third-order valence-electron chi connectivity index (χ3n) is 4.45. The quantitative estimate of drug-likeness (QED) is 0.371. The molecule has 0 saturated carbocycles. The smallest absolute Gasteiger partial charge is 0.297 e. The van der Waals surface area contributed by atoms with Crippen LogP contribution in [0.15, 0.2) is 71.4 Å². The van der Waals surface area contributed by atoms with Gasteiger partial charge in [0.05, 0.1) is 21.9 Å². The number of hydrogen-bond donors (Lipinski definition) is 1. The minimum absolute atomic E-state index is 0.845. The molecule has 0 aliphatic carbocycles. The number of hydrogen-bond acceptors (Lipinski definition) is 7. The van der Waals surface area contributed by atoms with Crippen molar-refractivity contribution in [2.24, 2.45) is 0 Å². The summed E-state index contributed by atoms with van der Waals surface area (Å²) in [5.74, 6) is 0. The average molecular weight is 452 g/mol. The molecule has 0 amide bonds. The van der Waals surface area contributed by atoms with E-state index in [1.807, 2.05) is 21.2 Å². The zero-order valence-corrected chi connectivity index (χ0v) is 18.1. The minimum Gasteiger partial charge on any atom is -0.297 e. The van der Waals surface area contributed by atoms with Crippen molar-refractivity contribution in [1.29, 1.82) is 0 Å². The first kappa shape index (κ1) is 17.2. The molecule has 6 rings (SSSR count). The number of nitrogens with zero attached hydrogens (tertiary/aromatic N) is 4. The van der Waals surface area contributed by atoms with Crippen molar-refractivity contribution in [3.05, 3.63) is 71.4 Å². The van der Waals surface area contributed by atoms with Crippen LogP contribution in [0.2, 0.25) is 0 Å². The van der Waals surface area contributed by atoms with Gasteiger partial charge in [0.1, 0.15) is 0 Å². The largest absolute Gasteiger partial charge is 0.354 e. The summed E-state index contributed by atoms with van der Waals surface area (Å²) < 4.78 is 6.29. The normalized spacial score (nSPS) is 11.4. The van der Waals surface area contributed by atoms with E-state index < -0.39 is 0 Å². The summed E-state index contributed by atoms with van der Waals surface area (Å²) in [6, 6.07) is 20.7. The van der Waals surface area contributed by atoms with Gasteiger partial charge < -0.3 is 0 Å². The molecule has 2 aromatic carbocycles. The fourth-order valence-electron chi connectivity index (χ4n) is 3.11.